The molecule has 18 heavy (non-hydrogen) atoms. The highest BCUT2D eigenvalue weighted by atomic mass is 79.9. The molecule has 96 valence electrons. The Kier molecular flexibility index (Phi) is 4.42. The number of hydrogen-bond acceptors (Lipinski definition) is 3. The van der Waals surface area contributed by atoms with Crippen molar-refractivity contribution in [1.82, 2.24) is 0 Å². The van der Waals surface area contributed by atoms with Gasteiger partial charge in [-0.15, -0.1) is 11.3 Å². The van der Waals surface area contributed by atoms with Crippen molar-refractivity contribution in [2.45, 2.75) is 6.10 Å². The first-order valence-electron chi connectivity index (χ1n) is 4.99. The van der Waals surface area contributed by atoms with E-state index in [4.69, 9.17) is 4.74 Å². The van der Waals surface area contributed by atoms with Crippen LogP contribution in [0, 0.1) is 5.82 Å². The number of aliphatic hydroxyl groups excluding tert-OH is 1. The van der Waals surface area contributed by atoms with E-state index in [2.05, 4.69) is 31.9 Å². The highest BCUT2D eigenvalue weighted by Gasteiger charge is 2.19. The first-order chi connectivity index (χ1) is 8.52. The van der Waals surface area contributed by atoms with Crippen LogP contribution in [0.1, 0.15) is 16.5 Å². The van der Waals surface area contributed by atoms with Crippen molar-refractivity contribution in [1.29, 1.82) is 0 Å². The monoisotopic (exact) mass is 394 g/mol. The molecule has 1 atom stereocenters. The highest BCUT2D eigenvalue weighted by molar-refractivity contribution is 9.13. The van der Waals surface area contributed by atoms with Gasteiger partial charge in [0.15, 0.2) is 0 Å². The Morgan fingerprint density at radius 2 is 2.06 bits per heavy atom. The van der Waals surface area contributed by atoms with Crippen LogP contribution in [0.25, 0.3) is 0 Å². The number of rotatable bonds is 3. The molecule has 2 aromatic rings. The largest absolute Gasteiger partial charge is 0.496 e. The molecular formula is C12H9Br2FO2S. The predicted octanol–water partition coefficient (Wildman–Crippen LogP) is 4.50. The molecule has 6 heteroatoms. The molecule has 0 bridgehead atoms. The molecule has 0 saturated heterocycles. The summed E-state index contributed by atoms with van der Waals surface area (Å²) in [4.78, 5) is 0.706. The molecule has 1 aromatic carbocycles. The van der Waals surface area contributed by atoms with E-state index in [1.54, 1.807) is 6.07 Å². The summed E-state index contributed by atoms with van der Waals surface area (Å²) in [5.41, 5.74) is 0.416. The molecule has 1 aromatic heterocycles. The first-order valence-corrected chi connectivity index (χ1v) is 7.39. The zero-order valence-electron chi connectivity index (χ0n) is 9.28. The normalized spacial score (nSPS) is 12.5. The van der Waals surface area contributed by atoms with Crippen LogP contribution in [-0.2, 0) is 0 Å². The van der Waals surface area contributed by atoms with Gasteiger partial charge >= 0.3 is 0 Å². The smallest absolute Gasteiger partial charge is 0.125 e. The maximum absolute atomic E-state index is 13.3. The molecule has 1 N–H and O–H groups in total. The minimum Gasteiger partial charge on any atom is -0.496 e. The summed E-state index contributed by atoms with van der Waals surface area (Å²) in [5, 5.41) is 10.3. The molecule has 2 rings (SSSR count). The van der Waals surface area contributed by atoms with E-state index in [-0.39, 0.29) is 0 Å². The maximum atomic E-state index is 13.3. The van der Waals surface area contributed by atoms with Gasteiger partial charge < -0.3 is 9.84 Å². The van der Waals surface area contributed by atoms with Crippen LogP contribution in [0.2, 0.25) is 0 Å². The lowest BCUT2D eigenvalue weighted by Gasteiger charge is -2.13. The average molecular weight is 396 g/mol. The molecule has 1 heterocycles. The second-order valence-electron chi connectivity index (χ2n) is 3.56. The lowest BCUT2D eigenvalue weighted by molar-refractivity contribution is 0.218. The van der Waals surface area contributed by atoms with Gasteiger partial charge in [0.2, 0.25) is 0 Å². The summed E-state index contributed by atoms with van der Waals surface area (Å²) in [5.74, 6) is 0.0593. The third-order valence-electron chi connectivity index (χ3n) is 2.42. The van der Waals surface area contributed by atoms with Crippen molar-refractivity contribution in [2.24, 2.45) is 0 Å². The van der Waals surface area contributed by atoms with E-state index < -0.39 is 11.9 Å². The third kappa shape index (κ3) is 2.77. The predicted molar refractivity (Wildman–Crippen MR) is 76.7 cm³/mol. The van der Waals surface area contributed by atoms with Crippen molar-refractivity contribution >= 4 is 43.2 Å². The molecule has 0 saturated carbocycles. The van der Waals surface area contributed by atoms with Crippen molar-refractivity contribution < 1.29 is 14.2 Å². The summed E-state index contributed by atoms with van der Waals surface area (Å²) in [7, 11) is 1.49. The van der Waals surface area contributed by atoms with Gasteiger partial charge in [0.25, 0.3) is 0 Å². The summed E-state index contributed by atoms with van der Waals surface area (Å²) in [6.07, 6.45) is -0.914. The summed E-state index contributed by atoms with van der Waals surface area (Å²) in [6, 6.07) is 5.88. The standard InChI is InChI=1S/C12H9Br2FO2S/c1-17-9-3-2-6(15)4-7(9)11(16)10-5-8(13)12(14)18-10/h2-5,11,16H,1H3. The number of halogens is 3. The number of thiophene rings is 1. The SMILES string of the molecule is COc1ccc(F)cc1C(O)c1cc(Br)c(Br)s1. The van der Waals surface area contributed by atoms with E-state index in [9.17, 15) is 9.50 Å². The van der Waals surface area contributed by atoms with Gasteiger partial charge in [-0.25, -0.2) is 4.39 Å². The lowest BCUT2D eigenvalue weighted by atomic mass is 10.1. The van der Waals surface area contributed by atoms with Crippen molar-refractivity contribution in [3.8, 4) is 5.75 Å². The van der Waals surface area contributed by atoms with E-state index in [1.165, 1.54) is 36.6 Å². The van der Waals surface area contributed by atoms with Gasteiger partial charge in [0, 0.05) is 14.9 Å². The Bertz CT molecular complexity index is 552. The Morgan fingerprint density at radius 3 is 2.61 bits per heavy atom. The van der Waals surface area contributed by atoms with Gasteiger partial charge in [0.05, 0.1) is 10.9 Å². The molecule has 0 fully saturated rings. The van der Waals surface area contributed by atoms with Crippen molar-refractivity contribution in [3.05, 3.63) is 48.8 Å². The quantitative estimate of drug-likeness (QED) is 0.828. The fourth-order valence-corrected chi connectivity index (χ4v) is 3.67. The fraction of sp³-hybridized carbons (Fsp3) is 0.167. The van der Waals surface area contributed by atoms with Crippen LogP contribution in [0.15, 0.2) is 32.5 Å². The number of aliphatic hydroxyl groups is 1. The lowest BCUT2D eigenvalue weighted by Crippen LogP contribution is -2.01. The van der Waals surface area contributed by atoms with Gasteiger partial charge in [-0.2, -0.15) is 0 Å². The van der Waals surface area contributed by atoms with Gasteiger partial charge in [0.1, 0.15) is 17.7 Å². The molecule has 0 aliphatic heterocycles. The summed E-state index contributed by atoms with van der Waals surface area (Å²) >= 11 is 8.10. The topological polar surface area (TPSA) is 29.5 Å². The van der Waals surface area contributed by atoms with E-state index in [0.717, 1.165) is 8.26 Å². The van der Waals surface area contributed by atoms with Crippen LogP contribution < -0.4 is 4.74 Å². The molecular weight excluding hydrogens is 387 g/mol. The Labute approximate surface area is 125 Å². The average Bonchev–Trinajstić information content (AvgIpc) is 2.68. The molecule has 0 amide bonds. The van der Waals surface area contributed by atoms with Crippen molar-refractivity contribution in [2.75, 3.05) is 7.11 Å². The van der Waals surface area contributed by atoms with E-state index in [1.807, 2.05) is 0 Å². The third-order valence-corrected chi connectivity index (χ3v) is 5.73. The fourth-order valence-electron chi connectivity index (χ4n) is 1.57. The van der Waals surface area contributed by atoms with Crippen LogP contribution in [0.3, 0.4) is 0 Å². The zero-order chi connectivity index (χ0) is 13.3. The van der Waals surface area contributed by atoms with Crippen molar-refractivity contribution in [3.63, 3.8) is 0 Å². The van der Waals surface area contributed by atoms with Gasteiger partial charge in [-0.05, 0) is 56.1 Å². The summed E-state index contributed by atoms with van der Waals surface area (Å²) < 4.78 is 20.1. The molecule has 1 unspecified atom stereocenters. The molecule has 0 aliphatic carbocycles. The molecule has 0 aliphatic rings. The van der Waals surface area contributed by atoms with Crippen LogP contribution in [0.4, 0.5) is 4.39 Å². The summed E-state index contributed by atoms with van der Waals surface area (Å²) in [6.45, 7) is 0. The minimum atomic E-state index is -0.914. The van der Waals surface area contributed by atoms with Gasteiger partial charge in [-0.1, -0.05) is 0 Å². The number of benzene rings is 1. The maximum Gasteiger partial charge on any atom is 0.125 e. The second-order valence-corrected chi connectivity index (χ2v) is 6.82. The molecule has 2 nitrogen and oxygen atoms in total. The van der Waals surface area contributed by atoms with E-state index >= 15 is 0 Å². The number of ether oxygens (including phenoxy) is 1. The first kappa shape index (κ1) is 14.0. The molecule has 0 spiro atoms. The Balaban J connectivity index is 2.44. The second kappa shape index (κ2) is 5.69. The highest BCUT2D eigenvalue weighted by Crippen LogP contribution is 2.39. The zero-order valence-corrected chi connectivity index (χ0v) is 13.3. The van der Waals surface area contributed by atoms with E-state index in [0.29, 0.717) is 16.2 Å². The Hall–Kier alpha value is -0.430. The molecule has 0 radical (unpaired) electrons. The minimum absolute atomic E-state index is 0.403. The van der Waals surface area contributed by atoms with Gasteiger partial charge in [-0.3, -0.25) is 0 Å². The van der Waals surface area contributed by atoms with Crippen LogP contribution >= 0.6 is 43.2 Å². The number of hydrogen-bond donors (Lipinski definition) is 1. The van der Waals surface area contributed by atoms with Crippen LogP contribution in [-0.4, -0.2) is 12.2 Å². The van der Waals surface area contributed by atoms with Crippen LogP contribution in [0.5, 0.6) is 5.75 Å². The number of methoxy groups -OCH3 is 1. The Morgan fingerprint density at radius 1 is 1.33 bits per heavy atom.